The molecule has 0 aromatic heterocycles. The van der Waals surface area contributed by atoms with Gasteiger partial charge in [0.05, 0.1) is 5.41 Å². The summed E-state index contributed by atoms with van der Waals surface area (Å²) in [7, 11) is 0. The molecule has 2 unspecified atom stereocenters. The zero-order valence-electron chi connectivity index (χ0n) is 13.1. The van der Waals surface area contributed by atoms with E-state index in [1.165, 1.54) is 25.7 Å². The minimum Gasteiger partial charge on any atom is -0.355 e. The van der Waals surface area contributed by atoms with Crippen molar-refractivity contribution in [3.8, 4) is 0 Å². The molecule has 0 spiro atoms. The average Bonchev–Trinajstić information content (AvgIpc) is 2.89. The van der Waals surface area contributed by atoms with Crippen molar-refractivity contribution in [1.82, 2.24) is 10.6 Å². The first-order chi connectivity index (χ1) is 9.18. The standard InChI is InChI=1S/C16H32N2O/c1-4-7-8-14(6-3)12-18-15(19)16(9-5-2)10-11-17-13-16/h14,17H,4-13H2,1-3H3,(H,18,19). The third-order valence-corrected chi connectivity index (χ3v) is 4.55. The summed E-state index contributed by atoms with van der Waals surface area (Å²) in [4.78, 5) is 12.5. The van der Waals surface area contributed by atoms with Crippen molar-refractivity contribution in [1.29, 1.82) is 0 Å². The number of nitrogens with one attached hydrogen (secondary N) is 2. The molecule has 0 aromatic carbocycles. The molecular weight excluding hydrogens is 236 g/mol. The van der Waals surface area contributed by atoms with E-state index in [1.807, 2.05) is 0 Å². The Morgan fingerprint density at radius 1 is 1.32 bits per heavy atom. The van der Waals surface area contributed by atoms with E-state index >= 15 is 0 Å². The molecule has 3 nitrogen and oxygen atoms in total. The second-order valence-corrected chi connectivity index (χ2v) is 6.08. The highest BCUT2D eigenvalue weighted by Gasteiger charge is 2.40. The summed E-state index contributed by atoms with van der Waals surface area (Å²) in [5, 5.41) is 6.59. The van der Waals surface area contributed by atoms with E-state index in [1.54, 1.807) is 0 Å². The van der Waals surface area contributed by atoms with Crippen LogP contribution >= 0.6 is 0 Å². The molecule has 0 aromatic rings. The number of carbonyl (C=O) groups excluding carboxylic acids is 1. The molecule has 0 saturated carbocycles. The van der Waals surface area contributed by atoms with Gasteiger partial charge in [-0.2, -0.15) is 0 Å². The molecule has 1 aliphatic rings. The van der Waals surface area contributed by atoms with Crippen molar-refractivity contribution in [2.75, 3.05) is 19.6 Å². The lowest BCUT2D eigenvalue weighted by Crippen LogP contribution is -2.44. The number of unbranched alkanes of at least 4 members (excludes halogenated alkanes) is 1. The van der Waals surface area contributed by atoms with Crippen molar-refractivity contribution in [3.63, 3.8) is 0 Å². The normalized spacial score (nSPS) is 24.4. The van der Waals surface area contributed by atoms with Crippen LogP contribution in [-0.4, -0.2) is 25.5 Å². The second-order valence-electron chi connectivity index (χ2n) is 6.08. The number of carbonyl (C=O) groups is 1. The maximum absolute atomic E-state index is 12.5. The van der Waals surface area contributed by atoms with Crippen LogP contribution in [0.25, 0.3) is 0 Å². The molecule has 2 atom stereocenters. The molecule has 1 saturated heterocycles. The van der Waals surface area contributed by atoms with Crippen molar-refractivity contribution >= 4 is 5.91 Å². The minimum atomic E-state index is -0.127. The molecule has 0 radical (unpaired) electrons. The summed E-state index contributed by atoms with van der Waals surface area (Å²) in [5.41, 5.74) is -0.127. The summed E-state index contributed by atoms with van der Waals surface area (Å²) in [5.74, 6) is 0.936. The Morgan fingerprint density at radius 3 is 2.63 bits per heavy atom. The van der Waals surface area contributed by atoms with Gasteiger partial charge in [0.1, 0.15) is 0 Å². The molecule has 1 heterocycles. The summed E-state index contributed by atoms with van der Waals surface area (Å²) in [6.45, 7) is 9.33. The van der Waals surface area contributed by atoms with Crippen LogP contribution in [-0.2, 0) is 4.79 Å². The number of hydrogen-bond donors (Lipinski definition) is 2. The van der Waals surface area contributed by atoms with Crippen LogP contribution in [0.2, 0.25) is 0 Å². The number of rotatable bonds is 9. The Kier molecular flexibility index (Phi) is 7.44. The molecule has 2 N–H and O–H groups in total. The third kappa shape index (κ3) is 4.79. The predicted molar refractivity (Wildman–Crippen MR) is 81.1 cm³/mol. The Bertz CT molecular complexity index is 259. The van der Waals surface area contributed by atoms with E-state index in [0.717, 1.165) is 38.9 Å². The van der Waals surface area contributed by atoms with Gasteiger partial charge < -0.3 is 10.6 Å². The number of amides is 1. The Morgan fingerprint density at radius 2 is 2.11 bits per heavy atom. The Hall–Kier alpha value is -0.570. The summed E-state index contributed by atoms with van der Waals surface area (Å²) in [6, 6.07) is 0. The van der Waals surface area contributed by atoms with Crippen LogP contribution < -0.4 is 10.6 Å². The highest BCUT2D eigenvalue weighted by atomic mass is 16.2. The highest BCUT2D eigenvalue weighted by molar-refractivity contribution is 5.83. The zero-order chi connectivity index (χ0) is 14.1. The molecule has 19 heavy (non-hydrogen) atoms. The topological polar surface area (TPSA) is 41.1 Å². The lowest BCUT2D eigenvalue weighted by Gasteiger charge is -2.27. The SMILES string of the molecule is CCCCC(CC)CNC(=O)C1(CCC)CCNC1. The number of hydrogen-bond acceptors (Lipinski definition) is 2. The van der Waals surface area contributed by atoms with Crippen molar-refractivity contribution in [3.05, 3.63) is 0 Å². The predicted octanol–water partition coefficient (Wildman–Crippen LogP) is 3.10. The molecule has 0 aliphatic carbocycles. The first-order valence-electron chi connectivity index (χ1n) is 8.17. The molecule has 1 fully saturated rings. The molecule has 112 valence electrons. The molecule has 1 amide bonds. The lowest BCUT2D eigenvalue weighted by atomic mass is 9.81. The van der Waals surface area contributed by atoms with Crippen LogP contribution in [0, 0.1) is 11.3 Å². The lowest BCUT2D eigenvalue weighted by molar-refractivity contribution is -0.130. The maximum Gasteiger partial charge on any atom is 0.227 e. The van der Waals surface area contributed by atoms with Crippen molar-refractivity contribution < 1.29 is 4.79 Å². The van der Waals surface area contributed by atoms with Crippen molar-refractivity contribution in [2.45, 2.75) is 65.7 Å². The summed E-state index contributed by atoms with van der Waals surface area (Å²) in [6.07, 6.45) is 8.02. The van der Waals surface area contributed by atoms with Gasteiger partial charge in [-0.15, -0.1) is 0 Å². The van der Waals surface area contributed by atoms with E-state index < -0.39 is 0 Å². The van der Waals surface area contributed by atoms with Crippen LogP contribution in [0.15, 0.2) is 0 Å². The smallest absolute Gasteiger partial charge is 0.227 e. The summed E-state index contributed by atoms with van der Waals surface area (Å²) >= 11 is 0. The quantitative estimate of drug-likeness (QED) is 0.674. The molecule has 1 rings (SSSR count). The fraction of sp³-hybridized carbons (Fsp3) is 0.938. The van der Waals surface area contributed by atoms with Crippen LogP contribution in [0.5, 0.6) is 0 Å². The fourth-order valence-corrected chi connectivity index (χ4v) is 3.11. The fourth-order valence-electron chi connectivity index (χ4n) is 3.11. The first-order valence-corrected chi connectivity index (χ1v) is 8.17. The van der Waals surface area contributed by atoms with Gasteiger partial charge in [0.2, 0.25) is 5.91 Å². The van der Waals surface area contributed by atoms with Gasteiger partial charge in [-0.3, -0.25) is 4.79 Å². The van der Waals surface area contributed by atoms with Crippen molar-refractivity contribution in [2.24, 2.45) is 11.3 Å². The van der Waals surface area contributed by atoms with E-state index in [2.05, 4.69) is 31.4 Å². The molecule has 1 aliphatic heterocycles. The van der Waals surface area contributed by atoms with Gasteiger partial charge in [-0.25, -0.2) is 0 Å². The first kappa shape index (κ1) is 16.5. The summed E-state index contributed by atoms with van der Waals surface area (Å²) < 4.78 is 0. The van der Waals surface area contributed by atoms with Gasteiger partial charge in [0.15, 0.2) is 0 Å². The zero-order valence-corrected chi connectivity index (χ0v) is 13.1. The maximum atomic E-state index is 12.5. The Balaban J connectivity index is 2.43. The van der Waals surface area contributed by atoms with Gasteiger partial charge in [-0.05, 0) is 31.7 Å². The Labute approximate surface area is 118 Å². The van der Waals surface area contributed by atoms with Crippen LogP contribution in [0.1, 0.15) is 65.7 Å². The second kappa shape index (κ2) is 8.57. The van der Waals surface area contributed by atoms with Crippen LogP contribution in [0.4, 0.5) is 0 Å². The van der Waals surface area contributed by atoms with Gasteiger partial charge in [-0.1, -0.05) is 46.5 Å². The average molecular weight is 268 g/mol. The van der Waals surface area contributed by atoms with E-state index in [-0.39, 0.29) is 11.3 Å². The molecule has 3 heteroatoms. The largest absolute Gasteiger partial charge is 0.355 e. The van der Waals surface area contributed by atoms with E-state index in [4.69, 9.17) is 0 Å². The van der Waals surface area contributed by atoms with Gasteiger partial charge in [0, 0.05) is 13.1 Å². The highest BCUT2D eigenvalue weighted by Crippen LogP contribution is 2.31. The minimum absolute atomic E-state index is 0.127. The molecule has 0 bridgehead atoms. The van der Waals surface area contributed by atoms with E-state index in [9.17, 15) is 4.79 Å². The van der Waals surface area contributed by atoms with Gasteiger partial charge >= 0.3 is 0 Å². The third-order valence-electron chi connectivity index (χ3n) is 4.55. The monoisotopic (exact) mass is 268 g/mol. The molecular formula is C16H32N2O. The van der Waals surface area contributed by atoms with Crippen LogP contribution in [0.3, 0.4) is 0 Å². The van der Waals surface area contributed by atoms with E-state index in [0.29, 0.717) is 5.92 Å². The van der Waals surface area contributed by atoms with Gasteiger partial charge in [0.25, 0.3) is 0 Å².